The van der Waals surface area contributed by atoms with Crippen LogP contribution in [0.2, 0.25) is 0 Å². The summed E-state index contributed by atoms with van der Waals surface area (Å²) in [5, 5.41) is 59.6. The molecule has 0 saturated heterocycles. The third-order valence-electron chi connectivity index (χ3n) is 4.06. The van der Waals surface area contributed by atoms with E-state index in [1.54, 1.807) is 0 Å². The van der Waals surface area contributed by atoms with Crippen LogP contribution >= 0.6 is 0 Å². The number of nitrogens with one attached hydrogen (secondary N) is 1. The average Bonchev–Trinajstić information content (AvgIpc) is 2.53. The van der Waals surface area contributed by atoms with Crippen molar-refractivity contribution in [2.45, 2.75) is 36.7 Å². The lowest BCUT2D eigenvalue weighted by molar-refractivity contribution is -0.175. The standard InChI is InChI=1S/C16H19NO8/c18-10-3-1-8(5-11(10)19)2-4-13(21)17-9-6-16(25,15(23)24)7-12(20)14(9)22/h1-5,9,12,14,18-20,22,25H,6-7H2,(H,17,21)(H,23,24)/b4-2+/t9-,12-,14+,16-/m1/s1. The monoisotopic (exact) mass is 353 g/mol. The zero-order chi connectivity index (χ0) is 18.8. The van der Waals surface area contributed by atoms with Crippen molar-refractivity contribution in [1.29, 1.82) is 0 Å². The van der Waals surface area contributed by atoms with E-state index < -0.39 is 48.6 Å². The Labute approximate surface area is 142 Å². The van der Waals surface area contributed by atoms with Crippen molar-refractivity contribution in [2.24, 2.45) is 0 Å². The molecular formula is C16H19NO8. The predicted octanol–water partition coefficient (Wildman–Crippen LogP) is -1.07. The Morgan fingerprint density at radius 3 is 2.44 bits per heavy atom. The third-order valence-corrected chi connectivity index (χ3v) is 4.06. The van der Waals surface area contributed by atoms with Crippen molar-refractivity contribution in [3.05, 3.63) is 29.8 Å². The maximum atomic E-state index is 11.9. The molecule has 1 fully saturated rings. The van der Waals surface area contributed by atoms with Crippen LogP contribution in [-0.2, 0) is 9.59 Å². The number of phenolic OH excluding ortho intramolecular Hbond substituents is 2. The van der Waals surface area contributed by atoms with Gasteiger partial charge in [0, 0.05) is 18.9 Å². The van der Waals surface area contributed by atoms with E-state index in [-0.39, 0.29) is 11.5 Å². The maximum absolute atomic E-state index is 11.9. The molecule has 1 aliphatic rings. The topological polar surface area (TPSA) is 168 Å². The molecule has 0 unspecified atom stereocenters. The van der Waals surface area contributed by atoms with Crippen LogP contribution in [0.5, 0.6) is 11.5 Å². The highest BCUT2D eigenvalue weighted by atomic mass is 16.4. The van der Waals surface area contributed by atoms with Gasteiger partial charge in [-0.2, -0.15) is 0 Å². The van der Waals surface area contributed by atoms with Gasteiger partial charge in [-0.3, -0.25) is 4.79 Å². The summed E-state index contributed by atoms with van der Waals surface area (Å²) in [7, 11) is 0. The SMILES string of the molecule is O=C(/C=C/c1ccc(O)c(O)c1)N[C@@H]1C[C@](O)(C(=O)O)C[C@@H](O)[C@H]1O. The van der Waals surface area contributed by atoms with E-state index in [2.05, 4.69) is 5.32 Å². The molecule has 136 valence electrons. The molecule has 0 radical (unpaired) electrons. The number of hydrogen-bond donors (Lipinski definition) is 7. The first-order chi connectivity index (χ1) is 11.6. The number of aliphatic hydroxyl groups excluding tert-OH is 2. The molecule has 0 heterocycles. The van der Waals surface area contributed by atoms with E-state index in [0.29, 0.717) is 5.56 Å². The molecule has 0 bridgehead atoms. The third kappa shape index (κ3) is 4.27. The van der Waals surface area contributed by atoms with Crippen molar-refractivity contribution in [3.8, 4) is 11.5 Å². The summed E-state index contributed by atoms with van der Waals surface area (Å²) in [6.07, 6.45) is -1.53. The van der Waals surface area contributed by atoms with Gasteiger partial charge in [0.15, 0.2) is 17.1 Å². The molecule has 4 atom stereocenters. The second-order valence-electron chi connectivity index (χ2n) is 6.00. The number of aromatic hydroxyl groups is 2. The van der Waals surface area contributed by atoms with Crippen LogP contribution in [0.25, 0.3) is 6.08 Å². The molecule has 0 spiro atoms. The lowest BCUT2D eigenvalue weighted by Crippen LogP contribution is -2.60. The lowest BCUT2D eigenvalue weighted by atomic mass is 9.78. The summed E-state index contributed by atoms with van der Waals surface area (Å²) >= 11 is 0. The van der Waals surface area contributed by atoms with Crippen LogP contribution in [0.15, 0.2) is 24.3 Å². The molecule has 2 rings (SSSR count). The molecule has 0 aromatic heterocycles. The fourth-order valence-electron chi connectivity index (χ4n) is 2.66. The number of benzene rings is 1. The Morgan fingerprint density at radius 2 is 1.84 bits per heavy atom. The van der Waals surface area contributed by atoms with Gasteiger partial charge in [0.25, 0.3) is 0 Å². The second kappa shape index (κ2) is 7.09. The highest BCUT2D eigenvalue weighted by molar-refractivity contribution is 5.92. The summed E-state index contributed by atoms with van der Waals surface area (Å²) in [6.45, 7) is 0. The number of aliphatic carboxylic acids is 1. The van der Waals surface area contributed by atoms with Gasteiger partial charge in [-0.1, -0.05) is 6.07 Å². The molecule has 0 aliphatic heterocycles. The summed E-state index contributed by atoms with van der Waals surface area (Å²) in [5.74, 6) is -2.92. The minimum Gasteiger partial charge on any atom is -0.504 e. The highest BCUT2D eigenvalue weighted by Gasteiger charge is 2.49. The van der Waals surface area contributed by atoms with E-state index in [0.717, 1.165) is 6.08 Å². The Kier molecular flexibility index (Phi) is 5.31. The molecule has 1 amide bonds. The number of amides is 1. The second-order valence-corrected chi connectivity index (χ2v) is 6.00. The fourth-order valence-corrected chi connectivity index (χ4v) is 2.66. The van der Waals surface area contributed by atoms with E-state index in [1.807, 2.05) is 0 Å². The van der Waals surface area contributed by atoms with Gasteiger partial charge in [0.2, 0.25) is 5.91 Å². The van der Waals surface area contributed by atoms with Crippen LogP contribution in [-0.4, -0.2) is 66.4 Å². The average molecular weight is 353 g/mol. The van der Waals surface area contributed by atoms with Gasteiger partial charge in [0.1, 0.15) is 6.10 Å². The number of rotatable bonds is 4. The first-order valence-electron chi connectivity index (χ1n) is 7.45. The summed E-state index contributed by atoms with van der Waals surface area (Å²) < 4.78 is 0. The van der Waals surface area contributed by atoms with Gasteiger partial charge >= 0.3 is 5.97 Å². The highest BCUT2D eigenvalue weighted by Crippen LogP contribution is 2.29. The normalized spacial score (nSPS) is 29.5. The van der Waals surface area contributed by atoms with E-state index in [1.165, 1.54) is 24.3 Å². The first kappa shape index (κ1) is 18.7. The Hall–Kier alpha value is -2.62. The fraction of sp³-hybridized carbons (Fsp3) is 0.375. The Balaban J connectivity index is 2.06. The van der Waals surface area contributed by atoms with E-state index in [9.17, 15) is 35.1 Å². The zero-order valence-corrected chi connectivity index (χ0v) is 13.0. The minimum atomic E-state index is -2.25. The quantitative estimate of drug-likeness (QED) is 0.265. The van der Waals surface area contributed by atoms with Crippen molar-refractivity contribution in [2.75, 3.05) is 0 Å². The van der Waals surface area contributed by atoms with Crippen molar-refractivity contribution in [1.82, 2.24) is 5.32 Å². The minimum absolute atomic E-state index is 0.311. The molecule has 1 aliphatic carbocycles. The van der Waals surface area contributed by atoms with Gasteiger partial charge in [0.05, 0.1) is 12.1 Å². The Morgan fingerprint density at radius 1 is 1.16 bits per heavy atom. The number of aliphatic hydroxyl groups is 3. The van der Waals surface area contributed by atoms with E-state index >= 15 is 0 Å². The van der Waals surface area contributed by atoms with Crippen LogP contribution < -0.4 is 5.32 Å². The molecule has 7 N–H and O–H groups in total. The van der Waals surface area contributed by atoms with Crippen LogP contribution in [0.4, 0.5) is 0 Å². The maximum Gasteiger partial charge on any atom is 0.335 e. The summed E-state index contributed by atoms with van der Waals surface area (Å²) in [6, 6.07) is 2.75. The number of phenols is 2. The molecule has 1 aromatic carbocycles. The van der Waals surface area contributed by atoms with Gasteiger partial charge in [-0.15, -0.1) is 0 Å². The van der Waals surface area contributed by atoms with E-state index in [4.69, 9.17) is 5.11 Å². The van der Waals surface area contributed by atoms with Crippen molar-refractivity contribution >= 4 is 18.0 Å². The molecular weight excluding hydrogens is 334 g/mol. The summed E-state index contributed by atoms with van der Waals surface area (Å²) in [5.41, 5.74) is -1.83. The molecule has 1 saturated carbocycles. The molecule has 9 heteroatoms. The van der Waals surface area contributed by atoms with Gasteiger partial charge < -0.3 is 36.0 Å². The number of carbonyl (C=O) groups is 2. The van der Waals surface area contributed by atoms with Crippen LogP contribution in [0, 0.1) is 0 Å². The van der Waals surface area contributed by atoms with Crippen LogP contribution in [0.3, 0.4) is 0 Å². The number of carbonyl (C=O) groups excluding carboxylic acids is 1. The lowest BCUT2D eigenvalue weighted by Gasteiger charge is -2.39. The van der Waals surface area contributed by atoms with Gasteiger partial charge in [-0.25, -0.2) is 4.79 Å². The number of carboxylic acids is 1. The van der Waals surface area contributed by atoms with Crippen molar-refractivity contribution < 1.29 is 40.2 Å². The predicted molar refractivity (Wildman–Crippen MR) is 84.6 cm³/mol. The number of hydrogen-bond acceptors (Lipinski definition) is 7. The van der Waals surface area contributed by atoms with Gasteiger partial charge in [-0.05, 0) is 23.8 Å². The van der Waals surface area contributed by atoms with Crippen LogP contribution in [0.1, 0.15) is 18.4 Å². The summed E-state index contributed by atoms with van der Waals surface area (Å²) in [4.78, 5) is 23.1. The largest absolute Gasteiger partial charge is 0.504 e. The van der Waals surface area contributed by atoms with Crippen molar-refractivity contribution in [3.63, 3.8) is 0 Å². The zero-order valence-electron chi connectivity index (χ0n) is 13.0. The molecule has 9 nitrogen and oxygen atoms in total. The molecule has 1 aromatic rings. The first-order valence-corrected chi connectivity index (χ1v) is 7.45. The smallest absolute Gasteiger partial charge is 0.335 e. The number of carboxylic acid groups (broad SMARTS) is 1. The molecule has 25 heavy (non-hydrogen) atoms. The Bertz CT molecular complexity index is 703.